The molecule has 0 spiro atoms. The highest BCUT2D eigenvalue weighted by molar-refractivity contribution is 5.96. The van der Waals surface area contributed by atoms with E-state index in [1.54, 1.807) is 12.3 Å². The maximum Gasteiger partial charge on any atom is 0.251 e. The zero-order valence-corrected chi connectivity index (χ0v) is 13.1. The maximum absolute atomic E-state index is 13.0. The molecule has 0 aliphatic carbocycles. The molecule has 2 amide bonds. The molecule has 6 nitrogen and oxygen atoms in total. The summed E-state index contributed by atoms with van der Waals surface area (Å²) in [5.74, 6) is -0.557. The number of benzene rings is 1. The molecular formula is C17H19FN2O4. The Labute approximate surface area is 139 Å². The van der Waals surface area contributed by atoms with E-state index in [0.29, 0.717) is 26.2 Å². The summed E-state index contributed by atoms with van der Waals surface area (Å²) in [5, 5.41) is 5.10. The first-order valence-electron chi connectivity index (χ1n) is 7.56. The number of amides is 2. The lowest BCUT2D eigenvalue weighted by molar-refractivity contribution is -0.120. The summed E-state index contributed by atoms with van der Waals surface area (Å²) in [6, 6.07) is 8.89. The second kappa shape index (κ2) is 9.46. The molecule has 1 aromatic carbocycles. The van der Waals surface area contributed by atoms with E-state index in [0.717, 1.165) is 11.8 Å². The van der Waals surface area contributed by atoms with Crippen molar-refractivity contribution in [3.8, 4) is 0 Å². The van der Waals surface area contributed by atoms with Gasteiger partial charge in [-0.05, 0) is 36.8 Å². The maximum atomic E-state index is 13.0. The Hall–Kier alpha value is -2.67. The highest BCUT2D eigenvalue weighted by Crippen LogP contribution is 2.03. The molecule has 2 aromatic rings. The Bertz CT molecular complexity index is 658. The number of halogens is 1. The van der Waals surface area contributed by atoms with Gasteiger partial charge in [0.05, 0.1) is 12.8 Å². The average Bonchev–Trinajstić information content (AvgIpc) is 3.09. The number of hydrogen-bond acceptors (Lipinski definition) is 4. The predicted octanol–water partition coefficient (Wildman–Crippen LogP) is 1.87. The normalized spacial score (nSPS) is 10.4. The van der Waals surface area contributed by atoms with Gasteiger partial charge in [0.25, 0.3) is 5.91 Å². The fraction of sp³-hybridized carbons (Fsp3) is 0.294. The van der Waals surface area contributed by atoms with E-state index in [1.807, 2.05) is 6.07 Å². The predicted molar refractivity (Wildman–Crippen MR) is 84.7 cm³/mol. The first kappa shape index (κ1) is 17.7. The molecule has 2 rings (SSSR count). The van der Waals surface area contributed by atoms with Crippen molar-refractivity contribution in [2.75, 3.05) is 19.7 Å². The third-order valence-electron chi connectivity index (χ3n) is 3.11. The standard InChI is InChI=1S/C17H19FN2O4/c18-14-5-1-4-13(10-14)17(22)20-11-16(21)19-7-3-8-23-12-15-6-2-9-24-15/h1-2,4-6,9-10H,3,7-8,11-12H2,(H,19,21)(H,20,22). The van der Waals surface area contributed by atoms with E-state index in [4.69, 9.17) is 9.15 Å². The van der Waals surface area contributed by atoms with Crippen molar-refractivity contribution < 1.29 is 23.1 Å². The van der Waals surface area contributed by atoms with Crippen LogP contribution in [0.4, 0.5) is 4.39 Å². The lowest BCUT2D eigenvalue weighted by atomic mass is 10.2. The van der Waals surface area contributed by atoms with Crippen molar-refractivity contribution in [1.29, 1.82) is 0 Å². The van der Waals surface area contributed by atoms with Crippen LogP contribution in [0.5, 0.6) is 0 Å². The molecule has 0 saturated carbocycles. The Kier molecular flexibility index (Phi) is 6.97. The van der Waals surface area contributed by atoms with Gasteiger partial charge in [0.1, 0.15) is 18.2 Å². The lowest BCUT2D eigenvalue weighted by Crippen LogP contribution is -2.37. The number of carbonyl (C=O) groups is 2. The van der Waals surface area contributed by atoms with E-state index < -0.39 is 11.7 Å². The quantitative estimate of drug-likeness (QED) is 0.686. The van der Waals surface area contributed by atoms with Crippen molar-refractivity contribution in [1.82, 2.24) is 10.6 Å². The van der Waals surface area contributed by atoms with Gasteiger partial charge in [0.15, 0.2) is 0 Å². The van der Waals surface area contributed by atoms with Gasteiger partial charge in [-0.2, -0.15) is 0 Å². The molecular weight excluding hydrogens is 315 g/mol. The van der Waals surface area contributed by atoms with Crippen molar-refractivity contribution in [3.63, 3.8) is 0 Å². The number of carbonyl (C=O) groups excluding carboxylic acids is 2. The fourth-order valence-electron chi connectivity index (χ4n) is 1.92. The van der Waals surface area contributed by atoms with E-state index in [-0.39, 0.29) is 18.0 Å². The van der Waals surface area contributed by atoms with E-state index in [9.17, 15) is 14.0 Å². The van der Waals surface area contributed by atoms with Crippen molar-refractivity contribution >= 4 is 11.8 Å². The lowest BCUT2D eigenvalue weighted by Gasteiger charge is -2.07. The number of hydrogen-bond donors (Lipinski definition) is 2. The fourth-order valence-corrected chi connectivity index (χ4v) is 1.92. The molecule has 0 aliphatic heterocycles. The SMILES string of the molecule is O=C(CNC(=O)c1cccc(F)c1)NCCCOCc1ccco1. The minimum Gasteiger partial charge on any atom is -0.467 e. The van der Waals surface area contributed by atoms with Crippen LogP contribution in [0.25, 0.3) is 0 Å². The second-order valence-corrected chi connectivity index (χ2v) is 5.03. The monoisotopic (exact) mass is 334 g/mol. The Balaban J connectivity index is 1.54. The molecule has 0 atom stereocenters. The van der Waals surface area contributed by atoms with Crippen LogP contribution in [0.3, 0.4) is 0 Å². The van der Waals surface area contributed by atoms with Gasteiger partial charge < -0.3 is 19.8 Å². The van der Waals surface area contributed by atoms with Gasteiger partial charge in [-0.1, -0.05) is 6.07 Å². The molecule has 0 aliphatic rings. The van der Waals surface area contributed by atoms with Crippen LogP contribution >= 0.6 is 0 Å². The van der Waals surface area contributed by atoms with Gasteiger partial charge in [0, 0.05) is 18.7 Å². The van der Waals surface area contributed by atoms with Crippen LogP contribution in [0.1, 0.15) is 22.5 Å². The largest absolute Gasteiger partial charge is 0.467 e. The van der Waals surface area contributed by atoms with Crippen LogP contribution in [0.15, 0.2) is 47.1 Å². The van der Waals surface area contributed by atoms with Gasteiger partial charge in [-0.15, -0.1) is 0 Å². The van der Waals surface area contributed by atoms with E-state index in [2.05, 4.69) is 10.6 Å². The van der Waals surface area contributed by atoms with Crippen molar-refractivity contribution in [3.05, 3.63) is 59.8 Å². The topological polar surface area (TPSA) is 80.6 Å². The van der Waals surface area contributed by atoms with Crippen molar-refractivity contribution in [2.24, 2.45) is 0 Å². The van der Waals surface area contributed by atoms with Gasteiger partial charge in [0.2, 0.25) is 5.91 Å². The summed E-state index contributed by atoms with van der Waals surface area (Å²) < 4.78 is 23.5. The van der Waals surface area contributed by atoms with E-state index in [1.165, 1.54) is 18.2 Å². The zero-order valence-electron chi connectivity index (χ0n) is 13.1. The zero-order chi connectivity index (χ0) is 17.2. The van der Waals surface area contributed by atoms with Gasteiger partial charge in [-0.25, -0.2) is 4.39 Å². The highest BCUT2D eigenvalue weighted by atomic mass is 19.1. The van der Waals surface area contributed by atoms with Crippen LogP contribution in [0, 0.1) is 5.82 Å². The summed E-state index contributed by atoms with van der Waals surface area (Å²) in [6.07, 6.45) is 2.22. The molecule has 0 unspecified atom stereocenters. The molecule has 2 N–H and O–H groups in total. The Morgan fingerprint density at radius 3 is 2.79 bits per heavy atom. The molecule has 7 heteroatoms. The number of furan rings is 1. The number of nitrogens with one attached hydrogen (secondary N) is 2. The minimum atomic E-state index is -0.498. The molecule has 1 heterocycles. The number of ether oxygens (including phenoxy) is 1. The van der Waals surface area contributed by atoms with E-state index >= 15 is 0 Å². The smallest absolute Gasteiger partial charge is 0.251 e. The summed E-state index contributed by atoms with van der Waals surface area (Å²) in [5.41, 5.74) is 0.175. The summed E-state index contributed by atoms with van der Waals surface area (Å²) in [4.78, 5) is 23.4. The van der Waals surface area contributed by atoms with Crippen LogP contribution in [0.2, 0.25) is 0 Å². The Morgan fingerprint density at radius 1 is 1.17 bits per heavy atom. The number of rotatable bonds is 9. The molecule has 128 valence electrons. The minimum absolute atomic E-state index is 0.164. The molecule has 24 heavy (non-hydrogen) atoms. The third kappa shape index (κ3) is 6.21. The van der Waals surface area contributed by atoms with Crippen LogP contribution in [-0.4, -0.2) is 31.5 Å². The highest BCUT2D eigenvalue weighted by Gasteiger charge is 2.08. The summed E-state index contributed by atoms with van der Waals surface area (Å²) >= 11 is 0. The molecule has 0 radical (unpaired) electrons. The third-order valence-corrected chi connectivity index (χ3v) is 3.11. The van der Waals surface area contributed by atoms with Crippen LogP contribution < -0.4 is 10.6 Å². The molecule has 0 saturated heterocycles. The van der Waals surface area contributed by atoms with Crippen molar-refractivity contribution in [2.45, 2.75) is 13.0 Å². The van der Waals surface area contributed by atoms with Crippen LogP contribution in [-0.2, 0) is 16.1 Å². The second-order valence-electron chi connectivity index (χ2n) is 5.03. The average molecular weight is 334 g/mol. The first-order valence-corrected chi connectivity index (χ1v) is 7.56. The first-order chi connectivity index (χ1) is 11.6. The molecule has 0 bridgehead atoms. The van der Waals surface area contributed by atoms with Gasteiger partial charge >= 0.3 is 0 Å². The molecule has 0 fully saturated rings. The van der Waals surface area contributed by atoms with Gasteiger partial charge in [-0.3, -0.25) is 9.59 Å². The molecule has 1 aromatic heterocycles. The summed E-state index contributed by atoms with van der Waals surface area (Å²) in [6.45, 7) is 1.15. The Morgan fingerprint density at radius 2 is 2.04 bits per heavy atom. The summed E-state index contributed by atoms with van der Waals surface area (Å²) in [7, 11) is 0.